The van der Waals surface area contributed by atoms with Gasteiger partial charge in [0, 0.05) is 18.3 Å². The molecular formula is C6H7FN2S. The zero-order chi connectivity index (χ0) is 7.40. The monoisotopic (exact) mass is 158 g/mol. The first-order valence-corrected chi connectivity index (χ1v) is 3.25. The van der Waals surface area contributed by atoms with Crippen LogP contribution in [-0.2, 0) is 6.54 Å². The van der Waals surface area contributed by atoms with E-state index in [-0.39, 0.29) is 0 Å². The molecular weight excluding hydrogens is 151 g/mol. The summed E-state index contributed by atoms with van der Waals surface area (Å²) in [5.74, 6) is -0.441. The van der Waals surface area contributed by atoms with Crippen molar-refractivity contribution in [2.24, 2.45) is 0 Å². The molecule has 0 fully saturated rings. The van der Waals surface area contributed by atoms with Gasteiger partial charge in [-0.3, -0.25) is 4.72 Å². The largest absolute Gasteiger partial charge is 0.262 e. The van der Waals surface area contributed by atoms with Gasteiger partial charge in [0.1, 0.15) is 0 Å². The van der Waals surface area contributed by atoms with Gasteiger partial charge in [-0.25, -0.2) is 4.98 Å². The maximum absolute atomic E-state index is 12.6. The summed E-state index contributed by atoms with van der Waals surface area (Å²) in [4.78, 5) is 3.46. The summed E-state index contributed by atoms with van der Waals surface area (Å²) in [5.41, 5.74) is 0.525. The van der Waals surface area contributed by atoms with Crippen LogP contribution >= 0.6 is 12.8 Å². The highest BCUT2D eigenvalue weighted by Crippen LogP contribution is 2.01. The maximum atomic E-state index is 12.6. The predicted molar refractivity (Wildman–Crippen MR) is 40.0 cm³/mol. The van der Waals surface area contributed by atoms with E-state index >= 15 is 0 Å². The molecule has 0 aromatic carbocycles. The molecule has 1 aromatic rings. The van der Waals surface area contributed by atoms with E-state index in [2.05, 4.69) is 22.5 Å². The van der Waals surface area contributed by atoms with Gasteiger partial charge in [-0.05, 0) is 6.07 Å². The Morgan fingerprint density at radius 1 is 1.70 bits per heavy atom. The van der Waals surface area contributed by atoms with Crippen LogP contribution in [0.25, 0.3) is 0 Å². The van der Waals surface area contributed by atoms with Crippen LogP contribution in [-0.4, -0.2) is 4.98 Å². The quantitative estimate of drug-likeness (QED) is 0.498. The highest BCUT2D eigenvalue weighted by Gasteiger charge is 1.98. The maximum Gasteiger partial charge on any atom is 0.217 e. The minimum absolute atomic E-state index is 0.392. The molecule has 1 heterocycles. The number of pyridine rings is 1. The second kappa shape index (κ2) is 3.53. The van der Waals surface area contributed by atoms with Gasteiger partial charge < -0.3 is 0 Å². The summed E-state index contributed by atoms with van der Waals surface area (Å²) >= 11 is 3.73. The van der Waals surface area contributed by atoms with Crippen molar-refractivity contribution in [3.05, 3.63) is 29.8 Å². The first-order valence-electron chi connectivity index (χ1n) is 2.81. The van der Waals surface area contributed by atoms with E-state index < -0.39 is 5.95 Å². The Morgan fingerprint density at radius 3 is 3.10 bits per heavy atom. The number of rotatable bonds is 2. The molecule has 1 rings (SSSR count). The molecule has 1 N–H and O–H groups in total. The van der Waals surface area contributed by atoms with Crippen molar-refractivity contribution in [2.75, 3.05) is 0 Å². The molecule has 0 bridgehead atoms. The van der Waals surface area contributed by atoms with Crippen LogP contribution < -0.4 is 4.72 Å². The molecule has 0 spiro atoms. The molecule has 54 valence electrons. The van der Waals surface area contributed by atoms with Crippen LogP contribution in [0.1, 0.15) is 5.56 Å². The summed E-state index contributed by atoms with van der Waals surface area (Å²) in [6.07, 6.45) is 1.41. The third-order valence-corrected chi connectivity index (χ3v) is 1.26. The highest BCUT2D eigenvalue weighted by molar-refractivity contribution is 7.78. The molecule has 0 aliphatic rings. The first kappa shape index (κ1) is 7.50. The lowest BCUT2D eigenvalue weighted by Crippen LogP contribution is -2.02. The van der Waals surface area contributed by atoms with Gasteiger partial charge in [0.2, 0.25) is 5.95 Å². The second-order valence-corrected chi connectivity index (χ2v) is 2.10. The van der Waals surface area contributed by atoms with Crippen molar-refractivity contribution in [2.45, 2.75) is 6.54 Å². The number of halogens is 1. The fourth-order valence-electron chi connectivity index (χ4n) is 0.636. The molecule has 0 saturated heterocycles. The Morgan fingerprint density at radius 2 is 2.50 bits per heavy atom. The van der Waals surface area contributed by atoms with Crippen molar-refractivity contribution in [3.63, 3.8) is 0 Å². The molecule has 0 atom stereocenters. The van der Waals surface area contributed by atoms with Crippen LogP contribution in [0, 0.1) is 5.95 Å². The third-order valence-electron chi connectivity index (χ3n) is 1.11. The van der Waals surface area contributed by atoms with Crippen LogP contribution in [0.5, 0.6) is 0 Å². The minimum atomic E-state index is -0.441. The number of thiol groups is 1. The Kier molecular flexibility index (Phi) is 2.65. The van der Waals surface area contributed by atoms with E-state index in [0.29, 0.717) is 12.1 Å². The van der Waals surface area contributed by atoms with Crippen molar-refractivity contribution in [1.29, 1.82) is 0 Å². The number of nitrogens with zero attached hydrogens (tertiary/aromatic N) is 1. The lowest BCUT2D eigenvalue weighted by molar-refractivity contribution is 0.565. The van der Waals surface area contributed by atoms with Gasteiger partial charge in [0.15, 0.2) is 0 Å². The Hall–Kier alpha value is -0.610. The smallest absolute Gasteiger partial charge is 0.217 e. The number of nitrogens with one attached hydrogen (secondary N) is 1. The average Bonchev–Trinajstić information content (AvgIpc) is 1.94. The van der Waals surface area contributed by atoms with Gasteiger partial charge in [-0.15, -0.1) is 0 Å². The predicted octanol–water partition coefficient (Wildman–Crippen LogP) is 1.16. The zero-order valence-electron chi connectivity index (χ0n) is 5.21. The highest BCUT2D eigenvalue weighted by atomic mass is 32.1. The third kappa shape index (κ3) is 1.68. The van der Waals surface area contributed by atoms with Crippen LogP contribution in [0.3, 0.4) is 0 Å². The van der Waals surface area contributed by atoms with Gasteiger partial charge >= 0.3 is 0 Å². The molecule has 0 saturated carbocycles. The summed E-state index contributed by atoms with van der Waals surface area (Å²) < 4.78 is 15.1. The van der Waals surface area contributed by atoms with E-state index in [1.54, 1.807) is 12.1 Å². The van der Waals surface area contributed by atoms with Crippen molar-refractivity contribution in [3.8, 4) is 0 Å². The number of hydrogen-bond acceptors (Lipinski definition) is 3. The van der Waals surface area contributed by atoms with E-state index in [9.17, 15) is 4.39 Å². The van der Waals surface area contributed by atoms with Gasteiger partial charge in [-0.1, -0.05) is 18.9 Å². The van der Waals surface area contributed by atoms with Gasteiger partial charge in [-0.2, -0.15) is 4.39 Å². The zero-order valence-corrected chi connectivity index (χ0v) is 6.11. The van der Waals surface area contributed by atoms with Crippen molar-refractivity contribution in [1.82, 2.24) is 9.71 Å². The molecule has 2 nitrogen and oxygen atoms in total. The molecule has 4 heteroatoms. The molecule has 0 unspecified atom stereocenters. The van der Waals surface area contributed by atoms with Gasteiger partial charge in [0.25, 0.3) is 0 Å². The lowest BCUT2D eigenvalue weighted by atomic mass is 10.3. The topological polar surface area (TPSA) is 24.9 Å². The summed E-state index contributed by atoms with van der Waals surface area (Å²) in [7, 11) is 0. The normalized spacial score (nSPS) is 9.80. The lowest BCUT2D eigenvalue weighted by Gasteiger charge is -1.97. The Bertz CT molecular complexity index is 217. The van der Waals surface area contributed by atoms with Crippen LogP contribution in [0.2, 0.25) is 0 Å². The fourth-order valence-corrected chi connectivity index (χ4v) is 0.807. The fraction of sp³-hybridized carbons (Fsp3) is 0.167. The average molecular weight is 158 g/mol. The van der Waals surface area contributed by atoms with Gasteiger partial charge in [0.05, 0.1) is 0 Å². The van der Waals surface area contributed by atoms with Crippen LogP contribution in [0.15, 0.2) is 18.3 Å². The summed E-state index contributed by atoms with van der Waals surface area (Å²) in [6, 6.07) is 3.34. The van der Waals surface area contributed by atoms with E-state index in [0.717, 1.165) is 0 Å². The van der Waals surface area contributed by atoms with Crippen molar-refractivity contribution >= 4 is 12.8 Å². The second-order valence-electron chi connectivity index (χ2n) is 1.79. The molecule has 1 aromatic heterocycles. The summed E-state index contributed by atoms with van der Waals surface area (Å²) in [6.45, 7) is 0.392. The van der Waals surface area contributed by atoms with Crippen molar-refractivity contribution < 1.29 is 4.39 Å². The molecule has 0 aliphatic carbocycles. The Balaban J connectivity index is 2.81. The SMILES string of the molecule is Fc1ncccc1CNS. The van der Waals surface area contributed by atoms with E-state index in [1.165, 1.54) is 6.20 Å². The van der Waals surface area contributed by atoms with E-state index in [1.807, 2.05) is 0 Å². The minimum Gasteiger partial charge on any atom is -0.262 e. The van der Waals surface area contributed by atoms with Crippen LogP contribution in [0.4, 0.5) is 4.39 Å². The standard InChI is InChI=1S/C6H7FN2S/c7-6-5(4-9-10)2-1-3-8-6/h1-3,9-10H,4H2. The Labute approximate surface area is 64.0 Å². The van der Waals surface area contributed by atoms with E-state index in [4.69, 9.17) is 0 Å². The molecule has 0 aliphatic heterocycles. The number of hydrogen-bond donors (Lipinski definition) is 2. The first-order chi connectivity index (χ1) is 4.84. The molecule has 0 radical (unpaired) electrons. The molecule has 10 heavy (non-hydrogen) atoms. The number of aromatic nitrogens is 1. The summed E-state index contributed by atoms with van der Waals surface area (Å²) in [5, 5.41) is 0. The molecule has 0 amide bonds.